The van der Waals surface area contributed by atoms with Crippen molar-refractivity contribution in [3.8, 4) is 0 Å². The van der Waals surface area contributed by atoms with E-state index in [0.29, 0.717) is 24.6 Å². The van der Waals surface area contributed by atoms with E-state index in [0.717, 1.165) is 5.56 Å². The van der Waals surface area contributed by atoms with Gasteiger partial charge in [-0.3, -0.25) is 4.79 Å². The monoisotopic (exact) mass is 256 g/mol. The van der Waals surface area contributed by atoms with Crippen molar-refractivity contribution in [3.05, 3.63) is 53.7 Å². The van der Waals surface area contributed by atoms with Gasteiger partial charge in [-0.05, 0) is 24.6 Å². The number of rotatable bonds is 4. The minimum atomic E-state index is -0.140. The summed E-state index contributed by atoms with van der Waals surface area (Å²) in [6.07, 6.45) is 0. The number of anilines is 1. The van der Waals surface area contributed by atoms with Gasteiger partial charge >= 0.3 is 0 Å². The van der Waals surface area contributed by atoms with Crippen molar-refractivity contribution in [2.75, 3.05) is 12.3 Å². The van der Waals surface area contributed by atoms with E-state index in [2.05, 4.69) is 10.2 Å². The SMILES string of the molecule is CCN(Cc1ccccc1)C(=O)c1ccc(N)nn1. The van der Waals surface area contributed by atoms with Crippen molar-refractivity contribution in [2.45, 2.75) is 13.5 Å². The van der Waals surface area contributed by atoms with Gasteiger partial charge in [0.1, 0.15) is 5.82 Å². The molecule has 19 heavy (non-hydrogen) atoms. The van der Waals surface area contributed by atoms with Crippen molar-refractivity contribution < 1.29 is 4.79 Å². The van der Waals surface area contributed by atoms with Crippen LogP contribution in [0.4, 0.5) is 5.82 Å². The van der Waals surface area contributed by atoms with Crippen LogP contribution < -0.4 is 5.73 Å². The number of nitrogen functional groups attached to an aromatic ring is 1. The highest BCUT2D eigenvalue weighted by molar-refractivity contribution is 5.92. The van der Waals surface area contributed by atoms with E-state index < -0.39 is 0 Å². The highest BCUT2D eigenvalue weighted by Gasteiger charge is 2.16. The minimum Gasteiger partial charge on any atom is -0.382 e. The zero-order valence-electron chi connectivity index (χ0n) is 10.8. The van der Waals surface area contributed by atoms with Crippen LogP contribution in [0, 0.1) is 0 Å². The van der Waals surface area contributed by atoms with Crippen LogP contribution in [-0.2, 0) is 6.54 Å². The van der Waals surface area contributed by atoms with Gasteiger partial charge in [0.05, 0.1) is 0 Å². The molecule has 0 atom stereocenters. The molecule has 0 spiro atoms. The Labute approximate surface area is 112 Å². The fraction of sp³-hybridized carbons (Fsp3) is 0.214. The summed E-state index contributed by atoms with van der Waals surface area (Å²) in [6, 6.07) is 13.0. The Bertz CT molecular complexity index is 539. The van der Waals surface area contributed by atoms with Crippen LogP contribution in [0.5, 0.6) is 0 Å². The molecule has 0 bridgehead atoms. The molecule has 2 rings (SSSR count). The van der Waals surface area contributed by atoms with E-state index in [9.17, 15) is 4.79 Å². The zero-order chi connectivity index (χ0) is 13.7. The molecule has 1 amide bonds. The summed E-state index contributed by atoms with van der Waals surface area (Å²) in [5.41, 5.74) is 6.86. The molecular formula is C14H16N4O. The van der Waals surface area contributed by atoms with E-state index in [4.69, 9.17) is 5.73 Å². The zero-order valence-corrected chi connectivity index (χ0v) is 10.8. The molecule has 1 heterocycles. The maximum Gasteiger partial charge on any atom is 0.274 e. The van der Waals surface area contributed by atoms with Crippen LogP contribution in [-0.4, -0.2) is 27.5 Å². The number of nitrogens with two attached hydrogens (primary N) is 1. The molecule has 1 aromatic carbocycles. The predicted molar refractivity (Wildman–Crippen MR) is 73.3 cm³/mol. The van der Waals surface area contributed by atoms with E-state index in [1.165, 1.54) is 0 Å². The van der Waals surface area contributed by atoms with Crippen molar-refractivity contribution in [1.29, 1.82) is 0 Å². The summed E-state index contributed by atoms with van der Waals surface area (Å²) >= 11 is 0. The van der Waals surface area contributed by atoms with Gasteiger partial charge in [-0.2, -0.15) is 0 Å². The van der Waals surface area contributed by atoms with Crippen molar-refractivity contribution >= 4 is 11.7 Å². The summed E-state index contributed by atoms with van der Waals surface area (Å²) in [5.74, 6) is 0.168. The average Bonchev–Trinajstić information content (AvgIpc) is 2.46. The second-order valence-corrected chi connectivity index (χ2v) is 4.15. The summed E-state index contributed by atoms with van der Waals surface area (Å²) in [4.78, 5) is 14.0. The van der Waals surface area contributed by atoms with Gasteiger partial charge in [-0.25, -0.2) is 0 Å². The maximum atomic E-state index is 12.3. The number of carbonyl (C=O) groups is 1. The topological polar surface area (TPSA) is 72.1 Å². The first-order valence-corrected chi connectivity index (χ1v) is 6.13. The van der Waals surface area contributed by atoms with E-state index in [1.54, 1.807) is 17.0 Å². The van der Waals surface area contributed by atoms with Gasteiger partial charge in [0.15, 0.2) is 5.69 Å². The molecule has 0 fully saturated rings. The molecule has 5 heteroatoms. The standard InChI is InChI=1S/C14H16N4O/c1-2-18(10-11-6-4-3-5-7-11)14(19)12-8-9-13(15)17-16-12/h3-9H,2,10H2,1H3,(H2,15,17). The smallest absolute Gasteiger partial charge is 0.274 e. The third-order valence-electron chi connectivity index (χ3n) is 2.79. The third-order valence-corrected chi connectivity index (χ3v) is 2.79. The van der Waals surface area contributed by atoms with Gasteiger partial charge in [0.25, 0.3) is 5.91 Å². The first-order chi connectivity index (χ1) is 9.20. The molecule has 0 radical (unpaired) electrons. The highest BCUT2D eigenvalue weighted by Crippen LogP contribution is 2.08. The largest absolute Gasteiger partial charge is 0.382 e. The van der Waals surface area contributed by atoms with Gasteiger partial charge in [-0.15, -0.1) is 10.2 Å². The second kappa shape index (κ2) is 5.95. The number of hydrogen-bond donors (Lipinski definition) is 1. The molecule has 0 aliphatic heterocycles. The molecule has 98 valence electrons. The Morgan fingerprint density at radius 1 is 1.16 bits per heavy atom. The summed E-state index contributed by atoms with van der Waals surface area (Å²) < 4.78 is 0. The van der Waals surface area contributed by atoms with Gasteiger partial charge in [0, 0.05) is 13.1 Å². The normalized spacial score (nSPS) is 10.2. The number of carbonyl (C=O) groups excluding carboxylic acids is 1. The van der Waals surface area contributed by atoms with Crippen molar-refractivity contribution in [1.82, 2.24) is 15.1 Å². The third kappa shape index (κ3) is 3.28. The van der Waals surface area contributed by atoms with Crippen LogP contribution >= 0.6 is 0 Å². The molecular weight excluding hydrogens is 240 g/mol. The molecule has 2 N–H and O–H groups in total. The molecule has 0 saturated heterocycles. The lowest BCUT2D eigenvalue weighted by Gasteiger charge is -2.20. The average molecular weight is 256 g/mol. The lowest BCUT2D eigenvalue weighted by molar-refractivity contribution is 0.0745. The van der Waals surface area contributed by atoms with E-state index in [1.807, 2.05) is 37.3 Å². The van der Waals surface area contributed by atoms with Crippen LogP contribution in [0.1, 0.15) is 23.0 Å². The summed E-state index contributed by atoms with van der Waals surface area (Å²) in [7, 11) is 0. The molecule has 0 saturated carbocycles. The Hall–Kier alpha value is -2.43. The molecule has 0 aliphatic carbocycles. The molecule has 2 aromatic rings. The Balaban J connectivity index is 2.13. The minimum absolute atomic E-state index is 0.140. The first kappa shape index (κ1) is 13.0. The van der Waals surface area contributed by atoms with Crippen molar-refractivity contribution in [2.24, 2.45) is 0 Å². The molecule has 0 unspecified atom stereocenters. The molecule has 1 aromatic heterocycles. The highest BCUT2D eigenvalue weighted by atomic mass is 16.2. The quantitative estimate of drug-likeness (QED) is 0.904. The lowest BCUT2D eigenvalue weighted by Crippen LogP contribution is -2.31. The van der Waals surface area contributed by atoms with Crippen LogP contribution in [0.25, 0.3) is 0 Å². The van der Waals surface area contributed by atoms with Gasteiger partial charge in [0.2, 0.25) is 0 Å². The Kier molecular flexibility index (Phi) is 4.07. The number of amides is 1. The molecule has 0 aliphatic rings. The summed E-state index contributed by atoms with van der Waals surface area (Å²) in [6.45, 7) is 3.10. The Morgan fingerprint density at radius 2 is 1.89 bits per heavy atom. The predicted octanol–water partition coefficient (Wildman–Crippen LogP) is 1.72. The number of aromatic nitrogens is 2. The van der Waals surface area contributed by atoms with Gasteiger partial charge < -0.3 is 10.6 Å². The Morgan fingerprint density at radius 3 is 2.47 bits per heavy atom. The fourth-order valence-electron chi connectivity index (χ4n) is 1.75. The number of hydrogen-bond acceptors (Lipinski definition) is 4. The number of benzene rings is 1. The van der Waals surface area contributed by atoms with Crippen LogP contribution in [0.2, 0.25) is 0 Å². The number of nitrogens with zero attached hydrogens (tertiary/aromatic N) is 3. The van der Waals surface area contributed by atoms with Crippen LogP contribution in [0.3, 0.4) is 0 Å². The molecule has 5 nitrogen and oxygen atoms in total. The van der Waals surface area contributed by atoms with Gasteiger partial charge in [-0.1, -0.05) is 30.3 Å². The van der Waals surface area contributed by atoms with E-state index >= 15 is 0 Å². The summed E-state index contributed by atoms with van der Waals surface area (Å²) in [5, 5.41) is 7.53. The van der Waals surface area contributed by atoms with Crippen LogP contribution in [0.15, 0.2) is 42.5 Å². The fourth-order valence-corrected chi connectivity index (χ4v) is 1.75. The van der Waals surface area contributed by atoms with E-state index in [-0.39, 0.29) is 5.91 Å². The first-order valence-electron chi connectivity index (χ1n) is 6.13. The maximum absolute atomic E-state index is 12.3. The second-order valence-electron chi connectivity index (χ2n) is 4.15. The van der Waals surface area contributed by atoms with Crippen molar-refractivity contribution in [3.63, 3.8) is 0 Å². The lowest BCUT2D eigenvalue weighted by atomic mass is 10.2.